The summed E-state index contributed by atoms with van der Waals surface area (Å²) in [6, 6.07) is -0.117. The van der Waals surface area contributed by atoms with E-state index in [1.807, 2.05) is 0 Å². The van der Waals surface area contributed by atoms with Crippen molar-refractivity contribution in [2.75, 3.05) is 30.3 Å². The Labute approximate surface area is 110 Å². The fraction of sp³-hybridized carbons (Fsp3) is 0.636. The van der Waals surface area contributed by atoms with Crippen molar-refractivity contribution in [3.63, 3.8) is 0 Å². The van der Waals surface area contributed by atoms with Gasteiger partial charge in [0.2, 0.25) is 0 Å². The third-order valence-electron chi connectivity index (χ3n) is 2.43. The zero-order valence-corrected chi connectivity index (χ0v) is 11.0. The maximum absolute atomic E-state index is 11.7. The van der Waals surface area contributed by atoms with Crippen LogP contribution in [-0.4, -0.2) is 40.8 Å². The Morgan fingerprint density at radius 2 is 2.00 bits per heavy atom. The Morgan fingerprint density at radius 3 is 2.63 bits per heavy atom. The summed E-state index contributed by atoms with van der Waals surface area (Å²) in [6.07, 6.45) is 1.39. The number of nitrogens with two attached hydrogens (primary N) is 1. The zero-order chi connectivity index (χ0) is 14.3. The van der Waals surface area contributed by atoms with E-state index in [4.69, 9.17) is 10.8 Å². The monoisotopic (exact) mass is 271 g/mol. The number of anilines is 2. The van der Waals surface area contributed by atoms with Gasteiger partial charge < -0.3 is 21.5 Å². The Hall–Kier alpha value is -1.80. The average molecular weight is 271 g/mol. The minimum atomic E-state index is -0.569. The van der Waals surface area contributed by atoms with Gasteiger partial charge in [0.15, 0.2) is 0 Å². The first-order chi connectivity index (χ1) is 9.04. The molecule has 0 saturated heterocycles. The minimum Gasteiger partial charge on any atom is -0.396 e. The SMILES string of the molecule is CC(N)CNc1c(NCCCCO)[nH]c(=O)[nH]c1=O. The van der Waals surface area contributed by atoms with Crippen molar-refractivity contribution in [3.8, 4) is 0 Å². The third kappa shape index (κ3) is 5.14. The Kier molecular flexibility index (Phi) is 6.10. The van der Waals surface area contributed by atoms with Gasteiger partial charge in [-0.3, -0.25) is 14.8 Å². The molecule has 1 heterocycles. The molecule has 8 heteroatoms. The summed E-state index contributed by atoms with van der Waals surface area (Å²) < 4.78 is 0. The molecule has 0 amide bonds. The van der Waals surface area contributed by atoms with Gasteiger partial charge in [0.05, 0.1) is 0 Å². The number of rotatable bonds is 8. The molecule has 8 nitrogen and oxygen atoms in total. The molecule has 1 unspecified atom stereocenters. The van der Waals surface area contributed by atoms with Gasteiger partial charge in [0.25, 0.3) is 5.56 Å². The molecule has 0 bridgehead atoms. The first-order valence-electron chi connectivity index (χ1n) is 6.25. The fourth-order valence-corrected chi connectivity index (χ4v) is 1.50. The van der Waals surface area contributed by atoms with Crippen LogP contribution in [0.4, 0.5) is 11.5 Å². The standard InChI is InChI=1S/C11H21N5O3/c1-7(12)6-14-8-9(13-4-2-3-5-17)15-11(19)16-10(8)18/h7,14,17H,2-6,12H2,1H3,(H3,13,15,16,18,19). The molecule has 0 fully saturated rings. The molecule has 0 radical (unpaired) electrons. The number of hydrogen-bond donors (Lipinski definition) is 6. The quantitative estimate of drug-likeness (QED) is 0.336. The van der Waals surface area contributed by atoms with Crippen LogP contribution in [0.25, 0.3) is 0 Å². The number of unbranched alkanes of at least 4 members (excludes halogenated alkanes) is 1. The molecule has 1 atom stereocenters. The van der Waals surface area contributed by atoms with Crippen LogP contribution in [0.1, 0.15) is 19.8 Å². The second kappa shape index (κ2) is 7.59. The Morgan fingerprint density at radius 1 is 1.26 bits per heavy atom. The van der Waals surface area contributed by atoms with Gasteiger partial charge in [-0.2, -0.15) is 0 Å². The van der Waals surface area contributed by atoms with E-state index in [1.165, 1.54) is 0 Å². The highest BCUT2D eigenvalue weighted by atomic mass is 16.3. The summed E-state index contributed by atoms with van der Waals surface area (Å²) in [7, 11) is 0. The van der Waals surface area contributed by atoms with Crippen molar-refractivity contribution >= 4 is 11.5 Å². The van der Waals surface area contributed by atoms with E-state index in [1.54, 1.807) is 6.92 Å². The van der Waals surface area contributed by atoms with Crippen LogP contribution < -0.4 is 27.6 Å². The first kappa shape index (κ1) is 15.3. The highest BCUT2D eigenvalue weighted by Crippen LogP contribution is 2.10. The van der Waals surface area contributed by atoms with Gasteiger partial charge in [0, 0.05) is 25.7 Å². The molecule has 0 aliphatic heterocycles. The number of hydrogen-bond acceptors (Lipinski definition) is 6. The highest BCUT2D eigenvalue weighted by molar-refractivity contribution is 5.62. The Bertz CT molecular complexity index is 494. The molecule has 1 aromatic heterocycles. The summed E-state index contributed by atoms with van der Waals surface area (Å²) in [6.45, 7) is 2.89. The lowest BCUT2D eigenvalue weighted by atomic mass is 10.3. The molecule has 1 rings (SSSR count). The van der Waals surface area contributed by atoms with Gasteiger partial charge in [-0.1, -0.05) is 0 Å². The molecule has 7 N–H and O–H groups in total. The van der Waals surface area contributed by atoms with Crippen molar-refractivity contribution in [3.05, 3.63) is 20.8 Å². The number of H-pyrrole nitrogens is 2. The van der Waals surface area contributed by atoms with E-state index < -0.39 is 11.2 Å². The van der Waals surface area contributed by atoms with Crippen molar-refractivity contribution in [1.29, 1.82) is 0 Å². The van der Waals surface area contributed by atoms with Crippen molar-refractivity contribution in [2.45, 2.75) is 25.8 Å². The number of aromatic amines is 2. The molecular formula is C11H21N5O3. The molecule has 0 aliphatic rings. The van der Waals surface area contributed by atoms with E-state index in [9.17, 15) is 9.59 Å². The van der Waals surface area contributed by atoms with Crippen LogP contribution in [0.2, 0.25) is 0 Å². The molecule has 0 aliphatic carbocycles. The smallest absolute Gasteiger partial charge is 0.327 e. The van der Waals surface area contributed by atoms with Crippen LogP contribution >= 0.6 is 0 Å². The molecule has 19 heavy (non-hydrogen) atoms. The highest BCUT2D eigenvalue weighted by Gasteiger charge is 2.09. The van der Waals surface area contributed by atoms with Gasteiger partial charge in [-0.05, 0) is 19.8 Å². The van der Waals surface area contributed by atoms with Crippen molar-refractivity contribution in [2.24, 2.45) is 5.73 Å². The van der Waals surface area contributed by atoms with Crippen LogP contribution in [-0.2, 0) is 0 Å². The molecule has 0 spiro atoms. The second-order valence-corrected chi connectivity index (χ2v) is 4.37. The molecule has 0 saturated carbocycles. The van der Waals surface area contributed by atoms with Crippen molar-refractivity contribution in [1.82, 2.24) is 9.97 Å². The number of aliphatic hydroxyl groups is 1. The molecule has 108 valence electrons. The van der Waals surface area contributed by atoms with E-state index in [0.29, 0.717) is 25.3 Å². The van der Waals surface area contributed by atoms with E-state index in [2.05, 4.69) is 20.6 Å². The summed E-state index contributed by atoms with van der Waals surface area (Å²) in [4.78, 5) is 27.6. The average Bonchev–Trinajstić information content (AvgIpc) is 2.33. The molecule has 0 aromatic carbocycles. The predicted molar refractivity (Wildman–Crippen MR) is 74.6 cm³/mol. The van der Waals surface area contributed by atoms with Gasteiger partial charge >= 0.3 is 5.69 Å². The van der Waals surface area contributed by atoms with Crippen LogP contribution in [0.5, 0.6) is 0 Å². The van der Waals surface area contributed by atoms with Crippen molar-refractivity contribution < 1.29 is 5.11 Å². The maximum atomic E-state index is 11.7. The Balaban J connectivity index is 2.81. The zero-order valence-electron chi connectivity index (χ0n) is 11.0. The van der Waals surface area contributed by atoms with Crippen LogP contribution in [0.15, 0.2) is 9.59 Å². The van der Waals surface area contributed by atoms with Crippen LogP contribution in [0.3, 0.4) is 0 Å². The maximum Gasteiger partial charge on any atom is 0.327 e. The fourth-order valence-electron chi connectivity index (χ4n) is 1.50. The normalized spacial score (nSPS) is 12.2. The lowest BCUT2D eigenvalue weighted by Crippen LogP contribution is -2.31. The number of aromatic nitrogens is 2. The topological polar surface area (TPSA) is 136 Å². The minimum absolute atomic E-state index is 0.114. The lowest BCUT2D eigenvalue weighted by molar-refractivity contribution is 0.286. The largest absolute Gasteiger partial charge is 0.396 e. The summed E-state index contributed by atoms with van der Waals surface area (Å²) in [5.41, 5.74) is 4.82. The summed E-state index contributed by atoms with van der Waals surface area (Å²) >= 11 is 0. The second-order valence-electron chi connectivity index (χ2n) is 4.37. The van der Waals surface area contributed by atoms with E-state index in [-0.39, 0.29) is 18.3 Å². The first-order valence-corrected chi connectivity index (χ1v) is 6.25. The third-order valence-corrected chi connectivity index (χ3v) is 2.43. The lowest BCUT2D eigenvalue weighted by Gasteiger charge is -2.13. The predicted octanol–water partition coefficient (Wildman–Crippen LogP) is -0.993. The molecular weight excluding hydrogens is 250 g/mol. The van der Waals surface area contributed by atoms with Gasteiger partial charge in [-0.15, -0.1) is 0 Å². The van der Waals surface area contributed by atoms with E-state index >= 15 is 0 Å². The van der Waals surface area contributed by atoms with Crippen LogP contribution in [0, 0.1) is 0 Å². The summed E-state index contributed by atoms with van der Waals surface area (Å²) in [5, 5.41) is 14.5. The van der Waals surface area contributed by atoms with E-state index in [0.717, 1.165) is 6.42 Å². The number of nitrogens with one attached hydrogen (secondary N) is 4. The van der Waals surface area contributed by atoms with Gasteiger partial charge in [-0.25, -0.2) is 4.79 Å². The van der Waals surface area contributed by atoms with Gasteiger partial charge in [0.1, 0.15) is 11.5 Å². The number of aliphatic hydroxyl groups excluding tert-OH is 1. The summed E-state index contributed by atoms with van der Waals surface area (Å²) in [5.74, 6) is 0.340. The molecule has 1 aromatic rings.